The fourth-order valence-electron chi connectivity index (χ4n) is 4.52. The number of aryl methyl sites for hydroxylation is 2. The maximum Gasteiger partial charge on any atom is 0.346 e. The molecule has 0 bridgehead atoms. The zero-order valence-electron chi connectivity index (χ0n) is 15.1. The normalized spacial score (nSPS) is 26.5. The molecule has 1 aromatic heterocycles. The van der Waals surface area contributed by atoms with Crippen molar-refractivity contribution in [3.05, 3.63) is 51.7 Å². The average Bonchev–Trinajstić information content (AvgIpc) is 3.12. The molecule has 2 fully saturated rings. The molecule has 1 saturated carbocycles. The Morgan fingerprint density at radius 3 is 2.65 bits per heavy atom. The van der Waals surface area contributed by atoms with Gasteiger partial charge in [-0.05, 0) is 43.6 Å². The summed E-state index contributed by atoms with van der Waals surface area (Å²) < 4.78 is 3.19. The molecule has 1 aromatic carbocycles. The molecule has 26 heavy (non-hydrogen) atoms. The number of benzene rings is 1. The topological polar surface area (TPSA) is 60.1 Å². The molecule has 3 aliphatic rings. The van der Waals surface area contributed by atoms with E-state index < -0.39 is 0 Å². The Morgan fingerprint density at radius 2 is 1.92 bits per heavy atom. The predicted octanol–water partition coefficient (Wildman–Crippen LogP) is 1.76. The van der Waals surface area contributed by atoms with Crippen molar-refractivity contribution < 1.29 is 4.79 Å². The lowest BCUT2D eigenvalue weighted by Gasteiger charge is -2.28. The predicted molar refractivity (Wildman–Crippen MR) is 96.9 cm³/mol. The van der Waals surface area contributed by atoms with Gasteiger partial charge < -0.3 is 4.90 Å². The Labute approximate surface area is 152 Å². The van der Waals surface area contributed by atoms with Gasteiger partial charge in [0.2, 0.25) is 5.91 Å². The number of rotatable bonds is 3. The number of hydrogen-bond acceptors (Lipinski definition) is 3. The number of aromatic nitrogens is 3. The van der Waals surface area contributed by atoms with E-state index in [2.05, 4.69) is 5.10 Å². The van der Waals surface area contributed by atoms with E-state index in [9.17, 15) is 9.59 Å². The van der Waals surface area contributed by atoms with Crippen LogP contribution in [-0.4, -0.2) is 38.2 Å². The minimum Gasteiger partial charge on any atom is -0.340 e. The van der Waals surface area contributed by atoms with Crippen LogP contribution >= 0.6 is 0 Å². The fourth-order valence-corrected chi connectivity index (χ4v) is 4.52. The molecular formula is C20H24N4O2. The van der Waals surface area contributed by atoms with Gasteiger partial charge in [0.15, 0.2) is 0 Å². The minimum absolute atomic E-state index is 0.120. The first-order valence-corrected chi connectivity index (χ1v) is 9.62. The second-order valence-corrected chi connectivity index (χ2v) is 8.12. The summed E-state index contributed by atoms with van der Waals surface area (Å²) in [6.07, 6.45) is 3.70. The van der Waals surface area contributed by atoms with Crippen LogP contribution in [0.15, 0.2) is 29.1 Å². The summed E-state index contributed by atoms with van der Waals surface area (Å²) in [6.45, 7) is 4.25. The monoisotopic (exact) mass is 352 g/mol. The van der Waals surface area contributed by atoms with Gasteiger partial charge in [0.05, 0.1) is 6.54 Å². The summed E-state index contributed by atoms with van der Waals surface area (Å²) in [7, 11) is 0. The number of nitrogens with zero attached hydrogens (tertiary/aromatic N) is 4. The lowest BCUT2D eigenvalue weighted by molar-refractivity contribution is -0.134. The highest BCUT2D eigenvalue weighted by Crippen LogP contribution is 2.45. The lowest BCUT2D eigenvalue weighted by Crippen LogP contribution is -2.42. The van der Waals surface area contributed by atoms with Crippen LogP contribution in [-0.2, 0) is 17.8 Å². The summed E-state index contributed by atoms with van der Waals surface area (Å²) >= 11 is 0. The van der Waals surface area contributed by atoms with Gasteiger partial charge in [-0.1, -0.05) is 29.8 Å². The van der Waals surface area contributed by atoms with Crippen molar-refractivity contribution in [2.75, 3.05) is 13.1 Å². The van der Waals surface area contributed by atoms with Crippen molar-refractivity contribution in [3.63, 3.8) is 0 Å². The van der Waals surface area contributed by atoms with E-state index >= 15 is 0 Å². The molecule has 3 atom stereocenters. The number of carbonyl (C=O) groups is 1. The molecule has 1 amide bonds. The molecule has 1 saturated heterocycles. The smallest absolute Gasteiger partial charge is 0.340 e. The average molecular weight is 352 g/mol. The molecule has 0 spiro atoms. The maximum absolute atomic E-state index is 13.0. The molecule has 0 N–H and O–H groups in total. The van der Waals surface area contributed by atoms with Crippen molar-refractivity contribution >= 4 is 5.91 Å². The molecule has 6 heteroatoms. The second kappa shape index (κ2) is 5.83. The van der Waals surface area contributed by atoms with Gasteiger partial charge in [-0.15, -0.1) is 0 Å². The largest absolute Gasteiger partial charge is 0.346 e. The van der Waals surface area contributed by atoms with Crippen LogP contribution < -0.4 is 5.69 Å². The third kappa shape index (κ3) is 2.59. The van der Waals surface area contributed by atoms with E-state index in [1.165, 1.54) is 16.7 Å². The van der Waals surface area contributed by atoms with Crippen LogP contribution in [0.25, 0.3) is 0 Å². The van der Waals surface area contributed by atoms with Crippen LogP contribution in [0.3, 0.4) is 0 Å². The van der Waals surface area contributed by atoms with E-state index in [1.54, 1.807) is 4.57 Å². The van der Waals surface area contributed by atoms with Crippen molar-refractivity contribution in [2.45, 2.75) is 45.2 Å². The molecule has 6 nitrogen and oxygen atoms in total. The third-order valence-corrected chi connectivity index (χ3v) is 6.16. The molecular weight excluding hydrogens is 328 g/mol. The van der Waals surface area contributed by atoms with Gasteiger partial charge in [0, 0.05) is 19.5 Å². The third-order valence-electron chi connectivity index (χ3n) is 6.16. The number of fused-ring (bicyclic) bond motifs is 2. The summed E-state index contributed by atoms with van der Waals surface area (Å²) in [5, 5.41) is 4.55. The Balaban J connectivity index is 1.43. The molecule has 2 aliphatic heterocycles. The molecule has 3 heterocycles. The first-order valence-electron chi connectivity index (χ1n) is 9.62. The van der Waals surface area contributed by atoms with Crippen molar-refractivity contribution in [3.8, 4) is 0 Å². The van der Waals surface area contributed by atoms with Gasteiger partial charge in [0.1, 0.15) is 11.9 Å². The van der Waals surface area contributed by atoms with Gasteiger partial charge in [-0.2, -0.15) is 5.10 Å². The van der Waals surface area contributed by atoms with E-state index in [0.717, 1.165) is 43.7 Å². The Bertz CT molecular complexity index is 901. The molecule has 136 valence electrons. The highest BCUT2D eigenvalue weighted by molar-refractivity contribution is 5.81. The van der Waals surface area contributed by atoms with Crippen molar-refractivity contribution in [2.24, 2.45) is 11.8 Å². The Morgan fingerprint density at radius 1 is 1.19 bits per heavy atom. The van der Waals surface area contributed by atoms with E-state index in [4.69, 9.17) is 0 Å². The standard InChI is InChI=1S/C20H24N4O2/c1-13-5-7-14(8-6-13)10-23-20(26)24-17(3-2-4-18(24)21-23)19(25)22-11-15-9-16(15)12-22/h5-8,15-17H,2-4,9-12H2,1H3/t15-,16+,17?. The number of amides is 1. The van der Waals surface area contributed by atoms with E-state index in [-0.39, 0.29) is 17.6 Å². The quantitative estimate of drug-likeness (QED) is 0.846. The van der Waals surface area contributed by atoms with Crippen molar-refractivity contribution in [1.82, 2.24) is 19.2 Å². The first kappa shape index (κ1) is 15.9. The zero-order valence-corrected chi connectivity index (χ0v) is 15.1. The summed E-state index contributed by atoms with van der Waals surface area (Å²) in [6, 6.07) is 7.77. The summed E-state index contributed by atoms with van der Waals surface area (Å²) in [5.41, 5.74) is 2.10. The van der Waals surface area contributed by atoms with Crippen LogP contribution in [0.2, 0.25) is 0 Å². The SMILES string of the molecule is Cc1ccc(Cn2nc3n(c2=O)C(C(=O)N2C[C@H]4C[C@H]4C2)CCC3)cc1. The van der Waals surface area contributed by atoms with Gasteiger partial charge in [-0.25, -0.2) is 9.48 Å². The number of piperidine rings is 1. The van der Waals surface area contributed by atoms with Crippen LogP contribution in [0.5, 0.6) is 0 Å². The molecule has 2 aromatic rings. The zero-order chi connectivity index (χ0) is 17.8. The second-order valence-electron chi connectivity index (χ2n) is 8.12. The van der Waals surface area contributed by atoms with Crippen molar-refractivity contribution in [1.29, 1.82) is 0 Å². The number of hydrogen-bond donors (Lipinski definition) is 0. The molecule has 0 radical (unpaired) electrons. The molecule has 1 aliphatic carbocycles. The van der Waals surface area contributed by atoms with Gasteiger partial charge in [0.25, 0.3) is 0 Å². The number of likely N-dealkylation sites (tertiary alicyclic amines) is 1. The van der Waals surface area contributed by atoms with Crippen LogP contribution in [0, 0.1) is 18.8 Å². The molecule has 5 rings (SSSR count). The fraction of sp³-hybridized carbons (Fsp3) is 0.550. The van der Waals surface area contributed by atoms with Gasteiger partial charge >= 0.3 is 5.69 Å². The highest BCUT2D eigenvalue weighted by atomic mass is 16.2. The number of carbonyl (C=O) groups excluding carboxylic acids is 1. The Kier molecular flexibility index (Phi) is 3.55. The first-order chi connectivity index (χ1) is 12.6. The Hall–Kier alpha value is -2.37. The molecule has 1 unspecified atom stereocenters. The van der Waals surface area contributed by atoms with Crippen LogP contribution in [0.1, 0.15) is 42.3 Å². The summed E-state index contributed by atoms with van der Waals surface area (Å²) in [4.78, 5) is 28.0. The maximum atomic E-state index is 13.0. The lowest BCUT2D eigenvalue weighted by atomic mass is 10.0. The minimum atomic E-state index is -0.365. The van der Waals surface area contributed by atoms with E-state index in [0.29, 0.717) is 18.4 Å². The highest BCUT2D eigenvalue weighted by Gasteiger charge is 2.48. The summed E-state index contributed by atoms with van der Waals surface area (Å²) in [5.74, 6) is 2.30. The van der Waals surface area contributed by atoms with Gasteiger partial charge in [-0.3, -0.25) is 9.36 Å². The van der Waals surface area contributed by atoms with Crippen LogP contribution in [0.4, 0.5) is 0 Å². The van der Waals surface area contributed by atoms with E-state index in [1.807, 2.05) is 36.1 Å².